The fraction of sp³-hybridized carbons (Fsp3) is 0.417. The average Bonchev–Trinajstić information content (AvgIpc) is 2.81. The van der Waals surface area contributed by atoms with Crippen LogP contribution in [0.2, 0.25) is 0 Å². The highest BCUT2D eigenvalue weighted by Crippen LogP contribution is 2.15. The maximum atomic E-state index is 5.00. The number of methoxy groups -OCH3 is 1. The molecule has 0 aliphatic heterocycles. The zero-order valence-electron chi connectivity index (χ0n) is 10.8. The number of aromatic nitrogens is 4. The predicted molar refractivity (Wildman–Crippen MR) is 67.3 cm³/mol. The fourth-order valence-electron chi connectivity index (χ4n) is 1.76. The van der Waals surface area contributed by atoms with Gasteiger partial charge in [-0.1, -0.05) is 0 Å². The fourth-order valence-corrected chi connectivity index (χ4v) is 1.76. The SMILES string of the molecule is CNC(Cc1nccn1C)c1ccc(OC)nn1. The molecule has 2 rings (SSSR count). The van der Waals surface area contributed by atoms with E-state index in [1.165, 1.54) is 0 Å². The number of nitrogens with one attached hydrogen (secondary N) is 1. The van der Waals surface area contributed by atoms with Crippen LogP contribution < -0.4 is 10.1 Å². The van der Waals surface area contributed by atoms with E-state index in [2.05, 4.69) is 20.5 Å². The maximum absolute atomic E-state index is 5.00. The molecule has 0 spiro atoms. The first-order valence-electron chi connectivity index (χ1n) is 5.75. The van der Waals surface area contributed by atoms with Gasteiger partial charge in [-0.15, -0.1) is 5.10 Å². The summed E-state index contributed by atoms with van der Waals surface area (Å²) in [6, 6.07) is 3.81. The molecule has 1 unspecified atom stereocenters. The molecule has 0 saturated carbocycles. The minimum Gasteiger partial charge on any atom is -0.480 e. The second kappa shape index (κ2) is 5.59. The number of aryl methyl sites for hydroxylation is 1. The second-order valence-corrected chi connectivity index (χ2v) is 4.00. The molecule has 2 heterocycles. The summed E-state index contributed by atoms with van der Waals surface area (Å²) < 4.78 is 7.00. The lowest BCUT2D eigenvalue weighted by atomic mass is 10.1. The minimum atomic E-state index is 0.0875. The van der Waals surface area contributed by atoms with Crippen molar-refractivity contribution in [2.45, 2.75) is 12.5 Å². The lowest BCUT2D eigenvalue weighted by Gasteiger charge is -2.14. The third kappa shape index (κ3) is 2.65. The van der Waals surface area contributed by atoms with Gasteiger partial charge < -0.3 is 14.6 Å². The Bertz CT molecular complexity index is 493. The highest BCUT2D eigenvalue weighted by atomic mass is 16.5. The average molecular weight is 247 g/mol. The molecule has 0 fully saturated rings. The summed E-state index contributed by atoms with van der Waals surface area (Å²) >= 11 is 0. The number of rotatable bonds is 5. The molecule has 0 saturated heterocycles. The molecule has 2 aromatic heterocycles. The first-order chi connectivity index (χ1) is 8.74. The highest BCUT2D eigenvalue weighted by molar-refractivity contribution is 5.15. The van der Waals surface area contributed by atoms with Gasteiger partial charge in [0.25, 0.3) is 0 Å². The number of likely N-dealkylation sites (N-methyl/N-ethyl adjacent to an activating group) is 1. The van der Waals surface area contributed by atoms with Crippen LogP contribution in [0.4, 0.5) is 0 Å². The maximum Gasteiger partial charge on any atom is 0.233 e. The van der Waals surface area contributed by atoms with Crippen molar-refractivity contribution < 1.29 is 4.74 Å². The van der Waals surface area contributed by atoms with Crippen LogP contribution in [-0.2, 0) is 13.5 Å². The summed E-state index contributed by atoms with van der Waals surface area (Å²) in [7, 11) is 5.46. The van der Waals surface area contributed by atoms with E-state index in [-0.39, 0.29) is 6.04 Å². The van der Waals surface area contributed by atoms with Crippen LogP contribution in [0.25, 0.3) is 0 Å². The molecule has 0 aromatic carbocycles. The lowest BCUT2D eigenvalue weighted by Crippen LogP contribution is -2.21. The van der Waals surface area contributed by atoms with Crippen molar-refractivity contribution in [2.75, 3.05) is 14.2 Å². The molecule has 0 aliphatic carbocycles. The third-order valence-corrected chi connectivity index (χ3v) is 2.88. The van der Waals surface area contributed by atoms with Crippen LogP contribution in [-0.4, -0.2) is 33.9 Å². The van der Waals surface area contributed by atoms with Crippen molar-refractivity contribution >= 4 is 0 Å². The largest absolute Gasteiger partial charge is 0.480 e. The molecule has 0 radical (unpaired) electrons. The van der Waals surface area contributed by atoms with E-state index in [0.29, 0.717) is 5.88 Å². The standard InChI is InChI=1S/C12H17N5O/c1-13-10(8-11-14-6-7-17(11)2)9-4-5-12(18-3)16-15-9/h4-7,10,13H,8H2,1-3H3. The van der Waals surface area contributed by atoms with Crippen molar-refractivity contribution in [3.8, 4) is 5.88 Å². The molecule has 1 atom stereocenters. The third-order valence-electron chi connectivity index (χ3n) is 2.88. The van der Waals surface area contributed by atoms with E-state index in [0.717, 1.165) is 17.9 Å². The number of hydrogen-bond acceptors (Lipinski definition) is 5. The summed E-state index contributed by atoms with van der Waals surface area (Å²) in [5.41, 5.74) is 0.876. The van der Waals surface area contributed by atoms with Crippen molar-refractivity contribution in [1.82, 2.24) is 25.1 Å². The van der Waals surface area contributed by atoms with Crippen molar-refractivity contribution in [1.29, 1.82) is 0 Å². The Morgan fingerprint density at radius 1 is 1.39 bits per heavy atom. The summed E-state index contributed by atoms with van der Waals surface area (Å²) in [5, 5.41) is 11.4. The van der Waals surface area contributed by atoms with Gasteiger partial charge in [0, 0.05) is 31.9 Å². The molecular weight excluding hydrogens is 230 g/mol. The van der Waals surface area contributed by atoms with Crippen LogP contribution in [0, 0.1) is 0 Å². The molecule has 96 valence electrons. The van der Waals surface area contributed by atoms with Crippen molar-refractivity contribution in [3.05, 3.63) is 36.0 Å². The number of hydrogen-bond donors (Lipinski definition) is 1. The quantitative estimate of drug-likeness (QED) is 0.843. The summed E-state index contributed by atoms with van der Waals surface area (Å²) in [5.74, 6) is 1.53. The van der Waals surface area contributed by atoms with E-state index >= 15 is 0 Å². The van der Waals surface area contributed by atoms with Crippen molar-refractivity contribution in [2.24, 2.45) is 7.05 Å². The molecule has 0 bridgehead atoms. The second-order valence-electron chi connectivity index (χ2n) is 4.00. The van der Waals surface area contributed by atoms with Crippen molar-refractivity contribution in [3.63, 3.8) is 0 Å². The van der Waals surface area contributed by atoms with E-state index in [4.69, 9.17) is 4.74 Å². The lowest BCUT2D eigenvalue weighted by molar-refractivity contribution is 0.389. The molecule has 2 aromatic rings. The van der Waals surface area contributed by atoms with Crippen LogP contribution >= 0.6 is 0 Å². The monoisotopic (exact) mass is 247 g/mol. The zero-order valence-corrected chi connectivity index (χ0v) is 10.8. The highest BCUT2D eigenvalue weighted by Gasteiger charge is 2.14. The first kappa shape index (κ1) is 12.5. The van der Waals surface area contributed by atoms with Gasteiger partial charge in [0.15, 0.2) is 0 Å². The Labute approximate surface area is 106 Å². The van der Waals surface area contributed by atoms with Gasteiger partial charge in [-0.3, -0.25) is 0 Å². The van der Waals surface area contributed by atoms with Gasteiger partial charge >= 0.3 is 0 Å². The Balaban J connectivity index is 2.15. The van der Waals surface area contributed by atoms with Gasteiger partial charge in [-0.05, 0) is 13.1 Å². The van der Waals surface area contributed by atoms with Gasteiger partial charge in [-0.2, -0.15) is 5.10 Å². The number of ether oxygens (including phenoxy) is 1. The summed E-state index contributed by atoms with van der Waals surface area (Å²) in [4.78, 5) is 4.31. The molecule has 6 nitrogen and oxygen atoms in total. The van der Waals surface area contributed by atoms with Gasteiger partial charge in [0.2, 0.25) is 5.88 Å². The first-order valence-corrected chi connectivity index (χ1v) is 5.75. The van der Waals surface area contributed by atoms with Crippen LogP contribution in [0.15, 0.2) is 24.5 Å². The van der Waals surface area contributed by atoms with Gasteiger partial charge in [0.1, 0.15) is 5.82 Å². The van der Waals surface area contributed by atoms with Gasteiger partial charge in [-0.25, -0.2) is 4.98 Å². The van der Waals surface area contributed by atoms with Crippen LogP contribution in [0.5, 0.6) is 5.88 Å². The number of imidazole rings is 1. The normalized spacial score (nSPS) is 12.4. The van der Waals surface area contributed by atoms with E-state index in [9.17, 15) is 0 Å². The van der Waals surface area contributed by atoms with Crippen LogP contribution in [0.1, 0.15) is 17.6 Å². The number of nitrogens with zero attached hydrogens (tertiary/aromatic N) is 4. The summed E-state index contributed by atoms with van der Waals surface area (Å²) in [6.45, 7) is 0. The zero-order chi connectivity index (χ0) is 13.0. The smallest absolute Gasteiger partial charge is 0.233 e. The molecule has 0 amide bonds. The molecule has 1 N–H and O–H groups in total. The molecular formula is C12H17N5O. The molecule has 6 heteroatoms. The van der Waals surface area contributed by atoms with Crippen LogP contribution in [0.3, 0.4) is 0 Å². The Morgan fingerprint density at radius 3 is 2.72 bits per heavy atom. The predicted octanol–water partition coefficient (Wildman–Crippen LogP) is 0.722. The molecule has 0 aliphatic rings. The Hall–Kier alpha value is -1.95. The minimum absolute atomic E-state index is 0.0875. The Morgan fingerprint density at radius 2 is 2.22 bits per heavy atom. The van der Waals surface area contributed by atoms with E-state index in [1.54, 1.807) is 13.3 Å². The van der Waals surface area contributed by atoms with E-state index in [1.807, 2.05) is 37.0 Å². The topological polar surface area (TPSA) is 64.9 Å². The van der Waals surface area contributed by atoms with Gasteiger partial charge in [0.05, 0.1) is 18.8 Å². The van der Waals surface area contributed by atoms with E-state index < -0.39 is 0 Å². The molecule has 18 heavy (non-hydrogen) atoms. The Kier molecular flexibility index (Phi) is 3.88. The summed E-state index contributed by atoms with van der Waals surface area (Å²) in [6.07, 6.45) is 4.49.